The fraction of sp³-hybridized carbons (Fsp3) is 0.562. The van der Waals surface area contributed by atoms with E-state index in [1.165, 1.54) is 12.0 Å². The van der Waals surface area contributed by atoms with E-state index in [2.05, 4.69) is 11.0 Å². The van der Waals surface area contributed by atoms with Gasteiger partial charge < -0.3 is 14.6 Å². The highest BCUT2D eigenvalue weighted by Crippen LogP contribution is 2.40. The molecule has 0 atom stereocenters. The summed E-state index contributed by atoms with van der Waals surface area (Å²) in [5.41, 5.74) is 1.14. The number of carboxylic acid groups (broad SMARTS) is 1. The summed E-state index contributed by atoms with van der Waals surface area (Å²) < 4.78 is 11.4. The van der Waals surface area contributed by atoms with Gasteiger partial charge in [-0.1, -0.05) is 18.2 Å². The van der Waals surface area contributed by atoms with Crippen LogP contribution in [-0.2, 0) is 16.1 Å². The fourth-order valence-corrected chi connectivity index (χ4v) is 3.05. The Labute approximate surface area is 124 Å². The lowest BCUT2D eigenvalue weighted by Gasteiger charge is -2.43. The van der Waals surface area contributed by atoms with Crippen LogP contribution in [-0.4, -0.2) is 47.9 Å². The van der Waals surface area contributed by atoms with Crippen LogP contribution in [0, 0.1) is 0 Å². The van der Waals surface area contributed by atoms with Gasteiger partial charge in [0, 0.05) is 25.2 Å². The molecular formula is C16H21NO4. The molecule has 2 aliphatic rings. The van der Waals surface area contributed by atoms with Crippen LogP contribution in [0.2, 0.25) is 0 Å². The molecule has 1 spiro atoms. The monoisotopic (exact) mass is 291 g/mol. The largest absolute Gasteiger partial charge is 0.486 e. The molecule has 114 valence electrons. The zero-order valence-corrected chi connectivity index (χ0v) is 12.1. The molecule has 1 aliphatic carbocycles. The summed E-state index contributed by atoms with van der Waals surface area (Å²) in [6.45, 7) is 2.65. The second kappa shape index (κ2) is 6.03. The first-order valence-electron chi connectivity index (χ1n) is 7.46. The molecule has 21 heavy (non-hydrogen) atoms. The fourth-order valence-electron chi connectivity index (χ4n) is 3.05. The molecule has 0 aromatic heterocycles. The number of benzene rings is 1. The van der Waals surface area contributed by atoms with Gasteiger partial charge in [0.15, 0.2) is 0 Å². The van der Waals surface area contributed by atoms with Gasteiger partial charge in [-0.15, -0.1) is 0 Å². The number of hydrogen-bond acceptors (Lipinski definition) is 4. The van der Waals surface area contributed by atoms with Crippen LogP contribution >= 0.6 is 0 Å². The van der Waals surface area contributed by atoms with E-state index < -0.39 is 5.97 Å². The Hall–Kier alpha value is -1.59. The molecule has 0 radical (unpaired) electrons. The molecule has 5 nitrogen and oxygen atoms in total. The minimum absolute atomic E-state index is 0.0561. The average molecular weight is 291 g/mol. The van der Waals surface area contributed by atoms with Crippen molar-refractivity contribution in [1.29, 1.82) is 0 Å². The number of nitrogens with zero attached hydrogens (tertiary/aromatic N) is 1. The Kier molecular flexibility index (Phi) is 4.12. The van der Waals surface area contributed by atoms with Crippen molar-refractivity contribution in [3.63, 3.8) is 0 Å². The lowest BCUT2D eigenvalue weighted by atomic mass is 9.79. The van der Waals surface area contributed by atoms with E-state index in [1.54, 1.807) is 0 Å². The van der Waals surface area contributed by atoms with Gasteiger partial charge in [-0.2, -0.15) is 0 Å². The molecule has 0 saturated heterocycles. The summed E-state index contributed by atoms with van der Waals surface area (Å²) in [5, 5.41) is 8.60. The predicted molar refractivity (Wildman–Crippen MR) is 77.4 cm³/mol. The number of para-hydroxylation sites is 1. The van der Waals surface area contributed by atoms with Gasteiger partial charge in [-0.3, -0.25) is 4.90 Å². The quantitative estimate of drug-likeness (QED) is 0.840. The van der Waals surface area contributed by atoms with Crippen molar-refractivity contribution in [3.05, 3.63) is 29.8 Å². The van der Waals surface area contributed by atoms with Crippen molar-refractivity contribution < 1.29 is 19.4 Å². The van der Waals surface area contributed by atoms with Crippen LogP contribution in [0.15, 0.2) is 24.3 Å². The van der Waals surface area contributed by atoms with E-state index in [-0.39, 0.29) is 12.2 Å². The molecular weight excluding hydrogens is 270 g/mol. The molecule has 1 aromatic carbocycles. The third kappa shape index (κ3) is 3.36. The molecule has 0 unspecified atom stereocenters. The Morgan fingerprint density at radius 2 is 2.19 bits per heavy atom. The zero-order chi connectivity index (χ0) is 14.7. The van der Waals surface area contributed by atoms with Gasteiger partial charge in [-0.05, 0) is 25.3 Å². The standard InChI is InChI=1S/C16H21NO4/c18-15(19)11-20-9-8-17-10-13-4-1-2-5-14(13)21-16(12-17)6-3-7-16/h1-2,4-5H,3,6-12H2,(H,18,19). The maximum absolute atomic E-state index is 10.5. The van der Waals surface area contributed by atoms with Crippen LogP contribution in [0.4, 0.5) is 0 Å². The summed E-state index contributed by atoms with van der Waals surface area (Å²) in [5.74, 6) is 0.0705. The maximum atomic E-state index is 10.5. The molecule has 1 heterocycles. The minimum Gasteiger partial charge on any atom is -0.486 e. The van der Waals surface area contributed by atoms with Crippen molar-refractivity contribution in [1.82, 2.24) is 4.90 Å². The predicted octanol–water partition coefficient (Wildman–Crippen LogP) is 1.90. The first-order chi connectivity index (χ1) is 10.2. The molecule has 0 amide bonds. The number of carbonyl (C=O) groups is 1. The Balaban J connectivity index is 1.65. The molecule has 5 heteroatoms. The molecule has 1 saturated carbocycles. The smallest absolute Gasteiger partial charge is 0.329 e. The van der Waals surface area contributed by atoms with Gasteiger partial charge >= 0.3 is 5.97 Å². The van der Waals surface area contributed by atoms with Crippen LogP contribution in [0.1, 0.15) is 24.8 Å². The van der Waals surface area contributed by atoms with E-state index in [0.717, 1.165) is 38.2 Å². The Morgan fingerprint density at radius 1 is 1.38 bits per heavy atom. The topological polar surface area (TPSA) is 59.0 Å². The number of fused-ring (bicyclic) bond motifs is 1. The summed E-state index contributed by atoms with van der Waals surface area (Å²) >= 11 is 0. The summed E-state index contributed by atoms with van der Waals surface area (Å²) in [7, 11) is 0. The molecule has 1 aliphatic heterocycles. The van der Waals surface area contributed by atoms with Crippen LogP contribution in [0.3, 0.4) is 0 Å². The van der Waals surface area contributed by atoms with E-state index in [9.17, 15) is 4.79 Å². The first-order valence-corrected chi connectivity index (χ1v) is 7.46. The minimum atomic E-state index is -0.921. The maximum Gasteiger partial charge on any atom is 0.329 e. The highest BCUT2D eigenvalue weighted by molar-refractivity contribution is 5.67. The summed E-state index contributed by atoms with van der Waals surface area (Å²) in [6, 6.07) is 8.18. The average Bonchev–Trinajstić information content (AvgIpc) is 2.59. The number of hydrogen-bond donors (Lipinski definition) is 1. The van der Waals surface area contributed by atoms with Crippen molar-refractivity contribution in [3.8, 4) is 5.75 Å². The van der Waals surface area contributed by atoms with Crippen molar-refractivity contribution in [2.45, 2.75) is 31.4 Å². The SMILES string of the molecule is O=C(O)COCCN1Cc2ccccc2OC2(CCC2)C1. The van der Waals surface area contributed by atoms with Crippen molar-refractivity contribution in [2.75, 3.05) is 26.3 Å². The second-order valence-electron chi connectivity index (χ2n) is 5.90. The number of aliphatic carboxylic acids is 1. The number of rotatable bonds is 5. The second-order valence-corrected chi connectivity index (χ2v) is 5.90. The van der Waals surface area contributed by atoms with Gasteiger partial charge in [0.1, 0.15) is 18.0 Å². The summed E-state index contributed by atoms with van der Waals surface area (Å²) in [6.07, 6.45) is 3.40. The van der Waals surface area contributed by atoms with E-state index in [4.69, 9.17) is 14.6 Å². The molecule has 0 bridgehead atoms. The van der Waals surface area contributed by atoms with Crippen LogP contribution < -0.4 is 4.74 Å². The van der Waals surface area contributed by atoms with Crippen molar-refractivity contribution >= 4 is 5.97 Å². The molecule has 1 aromatic rings. The van der Waals surface area contributed by atoms with Crippen molar-refractivity contribution in [2.24, 2.45) is 0 Å². The van der Waals surface area contributed by atoms with E-state index in [0.29, 0.717) is 6.61 Å². The zero-order valence-electron chi connectivity index (χ0n) is 12.1. The third-order valence-corrected chi connectivity index (χ3v) is 4.25. The lowest BCUT2D eigenvalue weighted by Crippen LogP contribution is -2.51. The normalized spacial score (nSPS) is 20.2. The third-order valence-electron chi connectivity index (χ3n) is 4.25. The molecule has 1 N–H and O–H groups in total. The Bertz CT molecular complexity index is 513. The summed E-state index contributed by atoms with van der Waals surface area (Å²) in [4.78, 5) is 12.8. The van der Waals surface area contributed by atoms with Gasteiger partial charge in [-0.25, -0.2) is 4.79 Å². The van der Waals surface area contributed by atoms with Gasteiger partial charge in [0.05, 0.1) is 6.61 Å². The Morgan fingerprint density at radius 3 is 2.90 bits per heavy atom. The van der Waals surface area contributed by atoms with E-state index >= 15 is 0 Å². The van der Waals surface area contributed by atoms with E-state index in [1.807, 2.05) is 18.2 Å². The van der Waals surface area contributed by atoms with Crippen LogP contribution in [0.5, 0.6) is 5.75 Å². The lowest BCUT2D eigenvalue weighted by molar-refractivity contribution is -0.142. The number of carboxylic acids is 1. The van der Waals surface area contributed by atoms with Crippen LogP contribution in [0.25, 0.3) is 0 Å². The van der Waals surface area contributed by atoms with Gasteiger partial charge in [0.25, 0.3) is 0 Å². The molecule has 1 fully saturated rings. The highest BCUT2D eigenvalue weighted by atomic mass is 16.5. The number of ether oxygens (including phenoxy) is 2. The highest BCUT2D eigenvalue weighted by Gasteiger charge is 2.42. The molecule has 3 rings (SSSR count). The van der Waals surface area contributed by atoms with Gasteiger partial charge in [0.2, 0.25) is 0 Å². The first kappa shape index (κ1) is 14.4.